The third-order valence-corrected chi connectivity index (χ3v) is 14.3. The molecule has 81 heavy (non-hydrogen) atoms. The molecule has 4 aromatic heterocycles. The normalized spacial score (nSPS) is 16.6. The first-order valence-corrected chi connectivity index (χ1v) is 26.0. The molecule has 0 fully saturated rings. The van der Waals surface area contributed by atoms with Crippen molar-refractivity contribution in [2.24, 2.45) is 15.0 Å². The zero-order chi connectivity index (χ0) is 56.5. The largest absolute Gasteiger partial charge is 0.481 e. The maximum atomic E-state index is 12.2. The summed E-state index contributed by atoms with van der Waals surface area (Å²) in [4.78, 5) is 98.5. The van der Waals surface area contributed by atoms with Gasteiger partial charge in [-0.25, -0.2) is 24.9 Å². The maximum Gasteiger partial charge on any atom is 0.303 e. The molecule has 9 N–H and O–H groups in total. The summed E-state index contributed by atoms with van der Waals surface area (Å²) in [5, 5.41) is 52.9. The van der Waals surface area contributed by atoms with E-state index >= 15 is 0 Å². The van der Waals surface area contributed by atoms with Gasteiger partial charge in [0.2, 0.25) is 0 Å². The summed E-state index contributed by atoms with van der Waals surface area (Å²) in [7, 11) is 1.89. The minimum absolute atomic E-state index is 0.0751. The number of aromatic amines is 3. The highest BCUT2D eigenvalue weighted by Crippen LogP contribution is 2.36. The predicted molar refractivity (Wildman–Crippen MR) is 306 cm³/mol. The average molecular weight is 1080 g/mol. The van der Waals surface area contributed by atoms with E-state index in [9.17, 15) is 49.5 Å². The number of nitrogens with one attached hydrogen (secondary N) is 4. The Labute approximate surface area is 461 Å². The molecule has 7 aliphatic heterocycles. The number of aromatic nitrogens is 5. The SMILES string of the molecule is CN1C=CN/C1=C1\C2=NC(=C(CCC(=O)O)C3=NC(=C(C#Cc4c5nc(c(CCC(=O)O)c6ccc([nH]6)c(CCC(=O)O)c6ccc([nH]6)c(CCC(=O)O)c6nc4C=C6)C=C5)C4=NC(=C(CCC(=O)O)c5ccc1[nH]5)C=C4)C=C3)C=C2. The van der Waals surface area contributed by atoms with Crippen LogP contribution < -0.4 is 5.32 Å². The van der Waals surface area contributed by atoms with Gasteiger partial charge in [0.05, 0.1) is 79.4 Å². The number of aliphatic carboxylic acids is 5. The molecular formula is C61H50N10O10. The van der Waals surface area contributed by atoms with Crippen LogP contribution in [-0.4, -0.2) is 109 Å². The number of fused-ring (bicyclic) bond motifs is 13. The molecule has 4 aromatic rings. The third kappa shape index (κ3) is 11.0. The van der Waals surface area contributed by atoms with Crippen LogP contribution in [0.1, 0.15) is 101 Å². The number of aryl methyl sites for hydroxylation is 3. The van der Waals surface area contributed by atoms with E-state index in [1.165, 1.54) is 0 Å². The number of rotatable bonds is 15. The summed E-state index contributed by atoms with van der Waals surface area (Å²) in [6.07, 6.45) is 20.9. The number of carboxylic acids is 5. The number of hydrogen-bond acceptors (Lipinski definition) is 12. The fourth-order valence-corrected chi connectivity index (χ4v) is 10.4. The van der Waals surface area contributed by atoms with Crippen molar-refractivity contribution in [1.82, 2.24) is 35.1 Å². The first-order valence-electron chi connectivity index (χ1n) is 26.0. The summed E-state index contributed by atoms with van der Waals surface area (Å²) in [6.45, 7) is 0. The number of aliphatic imine (C=N–C) groups is 3. The molecule has 0 atom stereocenters. The summed E-state index contributed by atoms with van der Waals surface area (Å²) in [5.74, 6) is 2.42. The lowest BCUT2D eigenvalue weighted by molar-refractivity contribution is -0.138. The van der Waals surface area contributed by atoms with Gasteiger partial charge in [0.25, 0.3) is 0 Å². The topological polar surface area (TPSA) is 312 Å². The van der Waals surface area contributed by atoms with Crippen LogP contribution in [0.5, 0.6) is 0 Å². The molecule has 0 aromatic carbocycles. The molecule has 0 spiro atoms. The van der Waals surface area contributed by atoms with Crippen molar-refractivity contribution in [1.29, 1.82) is 0 Å². The average Bonchev–Trinajstić information content (AvgIpc) is 4.47. The predicted octanol–water partition coefficient (Wildman–Crippen LogP) is 8.76. The zero-order valence-electron chi connectivity index (χ0n) is 43.4. The monoisotopic (exact) mass is 1080 g/mol. The molecule has 0 radical (unpaired) electrons. The van der Waals surface area contributed by atoms with Crippen LogP contribution in [-0.2, 0) is 43.2 Å². The molecule has 404 valence electrons. The highest BCUT2D eigenvalue weighted by Gasteiger charge is 2.28. The Bertz CT molecular complexity index is 4040. The van der Waals surface area contributed by atoms with Crippen molar-refractivity contribution < 1.29 is 49.5 Å². The van der Waals surface area contributed by atoms with Gasteiger partial charge in [-0.15, -0.1) is 0 Å². The standard InChI is InChI=1S/C61H50N10O10/c1-71-31-30-62-61(71)60-53-23-21-51(69-53)37(7-28-58(78)79)49-15-11-41(65-49)33(42-12-16-50(66-42)38(8-29-59(80)81)52-22-24-54(60)70-52)3-2-32-39-9-13-43(63-39)34(4-25-55(72)73)45-17-19-47(67-45)36(6-27-57(76)77)48-20-18-46(68-48)35(5-26-56(74)75)44-14-10-40(32)64-44/h9-24,30-31,62,67-69H,4-8,25-29H2,1H3,(H,72,73)(H,74,75)(H,76,77)(H,78,79)(H,80,81)/b39-32?,40-32?,42-33?,43-34?,44-35?,45-34?,46-35?,47-36?,48-36?,49-37?,52-38?,61-60+. The van der Waals surface area contributed by atoms with E-state index < -0.39 is 29.8 Å². The van der Waals surface area contributed by atoms with Gasteiger partial charge in [0.1, 0.15) is 5.82 Å². The Hall–Kier alpha value is -10.7. The zero-order valence-corrected chi connectivity index (χ0v) is 43.4. The summed E-state index contributed by atoms with van der Waals surface area (Å²) < 4.78 is 0. The van der Waals surface area contributed by atoms with E-state index in [1.807, 2.05) is 42.4 Å². The molecule has 20 nitrogen and oxygen atoms in total. The second kappa shape index (κ2) is 22.0. The van der Waals surface area contributed by atoms with Gasteiger partial charge in [-0.05, 0) is 135 Å². The maximum absolute atomic E-state index is 12.2. The molecule has 16 bridgehead atoms. The van der Waals surface area contributed by atoms with Crippen LogP contribution in [0.2, 0.25) is 0 Å². The second-order valence-corrected chi connectivity index (χ2v) is 19.6. The fraction of sp³-hybridized carbons (Fsp3) is 0.180. The van der Waals surface area contributed by atoms with Crippen molar-refractivity contribution in [3.8, 4) is 11.8 Å². The lowest BCUT2D eigenvalue weighted by Crippen LogP contribution is -2.19. The minimum atomic E-state index is -1.02. The van der Waals surface area contributed by atoms with Crippen LogP contribution in [0.15, 0.2) is 134 Å². The third-order valence-electron chi connectivity index (χ3n) is 14.3. The number of allylic oxidation sites excluding steroid dienone is 10. The van der Waals surface area contributed by atoms with E-state index in [1.54, 1.807) is 79.1 Å². The first kappa shape index (κ1) is 52.4. The van der Waals surface area contributed by atoms with Crippen molar-refractivity contribution in [2.75, 3.05) is 7.05 Å². The van der Waals surface area contributed by atoms with Gasteiger partial charge in [-0.3, -0.25) is 24.0 Å². The Morgan fingerprint density at radius 1 is 0.469 bits per heavy atom. The Morgan fingerprint density at radius 2 is 0.926 bits per heavy atom. The quantitative estimate of drug-likeness (QED) is 0.0434. The van der Waals surface area contributed by atoms with Gasteiger partial charge in [0, 0.05) is 102 Å². The van der Waals surface area contributed by atoms with Crippen LogP contribution in [0.25, 0.3) is 57.5 Å². The molecule has 7 aliphatic rings. The van der Waals surface area contributed by atoms with Crippen LogP contribution in [0.3, 0.4) is 0 Å². The molecule has 0 unspecified atom stereocenters. The van der Waals surface area contributed by atoms with Gasteiger partial charge in [0.15, 0.2) is 0 Å². The van der Waals surface area contributed by atoms with E-state index in [2.05, 4.69) is 32.1 Å². The number of carboxylic acid groups (broad SMARTS) is 5. The van der Waals surface area contributed by atoms with Gasteiger partial charge < -0.3 is 50.7 Å². The Kier molecular flexibility index (Phi) is 14.2. The molecule has 11 rings (SSSR count). The Balaban J connectivity index is 1.17. The van der Waals surface area contributed by atoms with Crippen LogP contribution in [0, 0.1) is 11.8 Å². The summed E-state index contributed by atoms with van der Waals surface area (Å²) in [5.41, 5.74) is 12.4. The second-order valence-electron chi connectivity index (χ2n) is 19.6. The van der Waals surface area contributed by atoms with E-state index in [4.69, 9.17) is 24.9 Å². The molecule has 0 saturated carbocycles. The number of nitrogens with zero attached hydrogens (tertiary/aromatic N) is 6. The van der Waals surface area contributed by atoms with Gasteiger partial charge in [-0.2, -0.15) is 0 Å². The van der Waals surface area contributed by atoms with Gasteiger partial charge in [-0.1, -0.05) is 11.8 Å². The number of H-pyrrole nitrogens is 3. The Morgan fingerprint density at radius 3 is 1.49 bits per heavy atom. The van der Waals surface area contributed by atoms with Crippen LogP contribution >= 0.6 is 0 Å². The molecule has 0 aliphatic carbocycles. The fourth-order valence-electron chi connectivity index (χ4n) is 10.4. The molecule has 0 saturated heterocycles. The van der Waals surface area contributed by atoms with Crippen LogP contribution in [0.4, 0.5) is 0 Å². The van der Waals surface area contributed by atoms with E-state index in [-0.39, 0.29) is 64.2 Å². The number of hydrogen-bond donors (Lipinski definition) is 9. The highest BCUT2D eigenvalue weighted by atomic mass is 16.4. The summed E-state index contributed by atoms with van der Waals surface area (Å²) >= 11 is 0. The minimum Gasteiger partial charge on any atom is -0.481 e. The van der Waals surface area contributed by atoms with Gasteiger partial charge >= 0.3 is 29.8 Å². The first-order chi connectivity index (χ1) is 39.1. The lowest BCUT2D eigenvalue weighted by atomic mass is 10.0. The number of carbonyl (C=O) groups is 5. The van der Waals surface area contributed by atoms with Crippen molar-refractivity contribution in [3.63, 3.8) is 0 Å². The van der Waals surface area contributed by atoms with Crippen molar-refractivity contribution in [2.45, 2.75) is 64.2 Å². The smallest absolute Gasteiger partial charge is 0.303 e. The van der Waals surface area contributed by atoms with Crippen molar-refractivity contribution in [3.05, 3.63) is 176 Å². The molecule has 11 heterocycles. The van der Waals surface area contributed by atoms with Crippen molar-refractivity contribution >= 4 is 104 Å². The van der Waals surface area contributed by atoms with E-state index in [0.29, 0.717) is 135 Å². The molecule has 20 heteroatoms. The molecular weight excluding hydrogens is 1030 g/mol. The molecule has 0 amide bonds. The van der Waals surface area contributed by atoms with E-state index in [0.717, 1.165) is 5.82 Å². The summed E-state index contributed by atoms with van der Waals surface area (Å²) in [6, 6.07) is 11.0. The lowest BCUT2D eigenvalue weighted by Gasteiger charge is -2.17. The highest BCUT2D eigenvalue weighted by molar-refractivity contribution is 6.31.